The van der Waals surface area contributed by atoms with Crippen molar-refractivity contribution in [3.8, 4) is 5.69 Å². The Bertz CT molecular complexity index is 1120. The monoisotopic (exact) mass is 371 g/mol. The molecule has 1 saturated carbocycles. The molecule has 136 valence electrons. The molecule has 0 aromatic carbocycles. The molecular weight excluding hydrogens is 350 g/mol. The van der Waals surface area contributed by atoms with Gasteiger partial charge in [-0.1, -0.05) is 11.8 Å². The predicted octanol–water partition coefficient (Wildman–Crippen LogP) is 2.56. The van der Waals surface area contributed by atoms with E-state index in [0.717, 1.165) is 18.5 Å². The van der Waals surface area contributed by atoms with Gasteiger partial charge < -0.3 is 4.57 Å². The van der Waals surface area contributed by atoms with Crippen LogP contribution in [0.1, 0.15) is 39.7 Å². The first kappa shape index (κ1) is 17.1. The maximum atomic E-state index is 12.9. The standard InChI is InChI=1S/C18H21N5O2S/c1-18(2,3)21-10-12(7-8-14(21)24)22-15-13(9-19-17(20-15)26-4)16(25)23(22)11-5-6-11/h7-11H,5-6H2,1-4H3. The lowest BCUT2D eigenvalue weighted by Gasteiger charge is -2.23. The fourth-order valence-corrected chi connectivity index (χ4v) is 3.44. The quantitative estimate of drug-likeness (QED) is 0.522. The van der Waals surface area contributed by atoms with Crippen LogP contribution in [0, 0.1) is 0 Å². The third-order valence-corrected chi connectivity index (χ3v) is 5.10. The van der Waals surface area contributed by atoms with E-state index in [9.17, 15) is 9.59 Å². The van der Waals surface area contributed by atoms with Crippen LogP contribution in [0.25, 0.3) is 16.7 Å². The SMILES string of the molecule is CSc1ncc2c(=O)n(C3CC3)n(-c3ccc(=O)n(C(C)(C)C)c3)c2n1. The normalized spacial score (nSPS) is 14.9. The van der Waals surface area contributed by atoms with Gasteiger partial charge in [-0.3, -0.25) is 9.59 Å². The van der Waals surface area contributed by atoms with Crippen molar-refractivity contribution >= 4 is 22.8 Å². The third-order valence-electron chi connectivity index (χ3n) is 4.54. The summed E-state index contributed by atoms with van der Waals surface area (Å²) in [6.45, 7) is 5.94. The molecule has 0 saturated heterocycles. The van der Waals surface area contributed by atoms with Gasteiger partial charge in [0.25, 0.3) is 11.1 Å². The smallest absolute Gasteiger partial charge is 0.278 e. The van der Waals surface area contributed by atoms with Crippen molar-refractivity contribution in [1.29, 1.82) is 0 Å². The molecule has 1 fully saturated rings. The van der Waals surface area contributed by atoms with Crippen LogP contribution in [0.2, 0.25) is 0 Å². The fourth-order valence-electron chi connectivity index (χ4n) is 3.10. The topological polar surface area (TPSA) is 74.7 Å². The Balaban J connectivity index is 2.06. The minimum Gasteiger partial charge on any atom is -0.308 e. The van der Waals surface area contributed by atoms with Crippen LogP contribution in [0.4, 0.5) is 0 Å². The molecule has 0 amide bonds. The van der Waals surface area contributed by atoms with E-state index in [2.05, 4.69) is 9.97 Å². The highest BCUT2D eigenvalue weighted by Crippen LogP contribution is 2.35. The molecule has 0 bridgehead atoms. The Morgan fingerprint density at radius 3 is 2.54 bits per heavy atom. The summed E-state index contributed by atoms with van der Waals surface area (Å²) in [7, 11) is 0. The highest BCUT2D eigenvalue weighted by molar-refractivity contribution is 7.98. The van der Waals surface area contributed by atoms with Crippen molar-refractivity contribution in [3.63, 3.8) is 0 Å². The molecule has 3 heterocycles. The number of nitrogens with zero attached hydrogens (tertiary/aromatic N) is 5. The molecule has 0 N–H and O–H groups in total. The molecule has 0 unspecified atom stereocenters. The van der Waals surface area contributed by atoms with Crippen molar-refractivity contribution in [1.82, 2.24) is 23.9 Å². The molecule has 0 atom stereocenters. The van der Waals surface area contributed by atoms with Gasteiger partial charge in [-0.2, -0.15) is 0 Å². The zero-order valence-electron chi connectivity index (χ0n) is 15.3. The number of fused-ring (bicyclic) bond motifs is 1. The average Bonchev–Trinajstić information content (AvgIpc) is 3.39. The van der Waals surface area contributed by atoms with Gasteiger partial charge in [0, 0.05) is 24.0 Å². The summed E-state index contributed by atoms with van der Waals surface area (Å²) in [5, 5.41) is 1.12. The second-order valence-electron chi connectivity index (χ2n) is 7.55. The van der Waals surface area contributed by atoms with Crippen LogP contribution in [0.5, 0.6) is 0 Å². The molecule has 0 radical (unpaired) electrons. The van der Waals surface area contributed by atoms with Gasteiger partial charge >= 0.3 is 0 Å². The molecule has 3 aromatic rings. The largest absolute Gasteiger partial charge is 0.308 e. The van der Waals surface area contributed by atoms with Crippen LogP contribution in [0.3, 0.4) is 0 Å². The van der Waals surface area contributed by atoms with Gasteiger partial charge in [0.2, 0.25) is 0 Å². The lowest BCUT2D eigenvalue weighted by Crippen LogP contribution is -2.33. The molecular formula is C18H21N5O2S. The zero-order valence-corrected chi connectivity index (χ0v) is 16.1. The summed E-state index contributed by atoms with van der Waals surface area (Å²) in [6.07, 6.45) is 7.25. The summed E-state index contributed by atoms with van der Waals surface area (Å²) in [4.78, 5) is 34.1. The van der Waals surface area contributed by atoms with Crippen molar-refractivity contribution in [2.45, 2.75) is 50.4 Å². The minimum atomic E-state index is -0.361. The van der Waals surface area contributed by atoms with E-state index in [-0.39, 0.29) is 22.7 Å². The van der Waals surface area contributed by atoms with Gasteiger partial charge in [0.1, 0.15) is 5.39 Å². The summed E-state index contributed by atoms with van der Waals surface area (Å²) in [6, 6.07) is 3.47. The Hall–Kier alpha value is -2.35. The molecule has 4 rings (SSSR count). The fraction of sp³-hybridized carbons (Fsp3) is 0.444. The Morgan fingerprint density at radius 1 is 1.19 bits per heavy atom. The van der Waals surface area contributed by atoms with E-state index in [0.29, 0.717) is 16.2 Å². The average molecular weight is 371 g/mol. The Morgan fingerprint density at radius 2 is 1.92 bits per heavy atom. The second kappa shape index (κ2) is 5.84. The van der Waals surface area contributed by atoms with Crippen LogP contribution >= 0.6 is 11.8 Å². The second-order valence-corrected chi connectivity index (χ2v) is 8.33. The molecule has 1 aliphatic rings. The molecule has 0 aliphatic heterocycles. The molecule has 1 aliphatic carbocycles. The molecule has 0 spiro atoms. The van der Waals surface area contributed by atoms with E-state index in [1.54, 1.807) is 33.8 Å². The van der Waals surface area contributed by atoms with E-state index in [1.807, 2.05) is 31.7 Å². The predicted molar refractivity (Wildman–Crippen MR) is 102 cm³/mol. The summed E-state index contributed by atoms with van der Waals surface area (Å²) in [5.41, 5.74) is 0.825. The third kappa shape index (κ3) is 2.68. The Labute approximate surface area is 154 Å². The number of hydrogen-bond donors (Lipinski definition) is 0. The van der Waals surface area contributed by atoms with E-state index >= 15 is 0 Å². The van der Waals surface area contributed by atoms with Crippen LogP contribution < -0.4 is 11.1 Å². The highest BCUT2D eigenvalue weighted by Gasteiger charge is 2.31. The maximum absolute atomic E-state index is 12.9. The number of rotatable bonds is 3. The van der Waals surface area contributed by atoms with E-state index in [4.69, 9.17) is 0 Å². The van der Waals surface area contributed by atoms with Crippen LogP contribution in [-0.2, 0) is 5.54 Å². The van der Waals surface area contributed by atoms with Crippen molar-refractivity contribution in [2.24, 2.45) is 0 Å². The van der Waals surface area contributed by atoms with Gasteiger partial charge in [-0.05, 0) is 45.9 Å². The first-order valence-corrected chi connectivity index (χ1v) is 9.81. The lowest BCUT2D eigenvalue weighted by molar-refractivity contribution is 0.382. The lowest BCUT2D eigenvalue weighted by atomic mass is 10.1. The van der Waals surface area contributed by atoms with Crippen LogP contribution in [0.15, 0.2) is 39.3 Å². The molecule has 3 aromatic heterocycles. The van der Waals surface area contributed by atoms with E-state index < -0.39 is 0 Å². The van der Waals surface area contributed by atoms with Gasteiger partial charge in [-0.25, -0.2) is 19.3 Å². The molecule has 7 nitrogen and oxygen atoms in total. The zero-order chi connectivity index (χ0) is 18.6. The summed E-state index contributed by atoms with van der Waals surface area (Å²) in [5.74, 6) is 0. The first-order valence-electron chi connectivity index (χ1n) is 8.59. The highest BCUT2D eigenvalue weighted by atomic mass is 32.2. The van der Waals surface area contributed by atoms with Gasteiger partial charge in [0.05, 0.1) is 11.7 Å². The van der Waals surface area contributed by atoms with Gasteiger partial charge in [0.15, 0.2) is 10.8 Å². The number of hydrogen-bond acceptors (Lipinski definition) is 5. The van der Waals surface area contributed by atoms with Gasteiger partial charge in [-0.15, -0.1) is 0 Å². The summed E-state index contributed by atoms with van der Waals surface area (Å²) >= 11 is 1.43. The maximum Gasteiger partial charge on any atom is 0.278 e. The minimum absolute atomic E-state index is 0.0718. The van der Waals surface area contributed by atoms with Crippen molar-refractivity contribution in [2.75, 3.05) is 6.26 Å². The van der Waals surface area contributed by atoms with E-state index in [1.165, 1.54) is 11.8 Å². The number of aromatic nitrogens is 5. The molecule has 8 heteroatoms. The van der Waals surface area contributed by atoms with Crippen molar-refractivity contribution in [3.05, 3.63) is 45.2 Å². The molecule has 26 heavy (non-hydrogen) atoms. The van der Waals surface area contributed by atoms with Crippen molar-refractivity contribution < 1.29 is 0 Å². The summed E-state index contributed by atoms with van der Waals surface area (Å²) < 4.78 is 5.29. The Kier molecular flexibility index (Phi) is 3.83. The van der Waals surface area contributed by atoms with Crippen LogP contribution in [-0.4, -0.2) is 30.2 Å². The number of thioether (sulfide) groups is 1. The first-order chi connectivity index (χ1) is 12.3. The number of pyridine rings is 1.